The third kappa shape index (κ3) is 3.56. The molecule has 25 heavy (non-hydrogen) atoms. The molecule has 7 nitrogen and oxygen atoms in total. The van der Waals surface area contributed by atoms with Crippen LogP contribution in [0.5, 0.6) is 11.5 Å². The Kier molecular flexibility index (Phi) is 5.62. The molecule has 0 spiro atoms. The molecule has 8 heteroatoms. The lowest BCUT2D eigenvalue weighted by molar-refractivity contribution is 0.0605. The fraction of sp³-hybridized carbons (Fsp3) is 0.235. The highest BCUT2D eigenvalue weighted by atomic mass is 32.1. The van der Waals surface area contributed by atoms with Crippen LogP contribution in [-0.2, 0) is 4.74 Å². The summed E-state index contributed by atoms with van der Waals surface area (Å²) < 4.78 is 15.0. The monoisotopic (exact) mass is 360 g/mol. The summed E-state index contributed by atoms with van der Waals surface area (Å²) >= 11 is 0.993. The Bertz CT molecular complexity index is 867. The molecule has 0 bridgehead atoms. The highest BCUT2D eigenvalue weighted by Gasteiger charge is 2.23. The number of hydrogen-bond donors (Lipinski definition) is 1. The minimum absolute atomic E-state index is 0.228. The predicted molar refractivity (Wildman–Crippen MR) is 92.6 cm³/mol. The average molecular weight is 360 g/mol. The second kappa shape index (κ2) is 7.68. The molecular weight excluding hydrogens is 344 g/mol. The van der Waals surface area contributed by atoms with E-state index in [-0.39, 0.29) is 21.0 Å². The molecule has 0 saturated carbocycles. The van der Waals surface area contributed by atoms with Gasteiger partial charge in [0.15, 0.2) is 0 Å². The molecule has 2 aromatic rings. The lowest BCUT2D eigenvalue weighted by Gasteiger charge is -2.10. The first kappa shape index (κ1) is 18.3. The van der Waals surface area contributed by atoms with Gasteiger partial charge in [0.1, 0.15) is 27.4 Å². The van der Waals surface area contributed by atoms with E-state index in [1.54, 1.807) is 25.1 Å². The molecule has 2 rings (SSSR count). The van der Waals surface area contributed by atoms with Gasteiger partial charge in [-0.2, -0.15) is 5.26 Å². The normalized spacial score (nSPS) is 9.88. The van der Waals surface area contributed by atoms with Gasteiger partial charge in [-0.05, 0) is 24.6 Å². The molecule has 1 amide bonds. The fourth-order valence-electron chi connectivity index (χ4n) is 2.18. The standard InChI is InChI=1S/C17H16N2O5S/c1-9-12(8-18)16(25-14(9)17(21)24-4)19-15(20)11-6-5-10(22-2)7-13(11)23-3/h5-7H,1-4H3,(H,19,20). The van der Waals surface area contributed by atoms with E-state index in [0.717, 1.165) is 11.3 Å². The lowest BCUT2D eigenvalue weighted by atomic mass is 10.1. The van der Waals surface area contributed by atoms with Gasteiger partial charge in [-0.15, -0.1) is 11.3 Å². The van der Waals surface area contributed by atoms with Crippen molar-refractivity contribution in [3.05, 3.63) is 39.8 Å². The molecule has 1 N–H and O–H groups in total. The molecule has 1 aromatic heterocycles. The number of ether oxygens (including phenoxy) is 3. The van der Waals surface area contributed by atoms with Gasteiger partial charge in [0.05, 0.1) is 32.5 Å². The summed E-state index contributed by atoms with van der Waals surface area (Å²) in [6, 6.07) is 6.77. The van der Waals surface area contributed by atoms with Gasteiger partial charge >= 0.3 is 5.97 Å². The van der Waals surface area contributed by atoms with Crippen molar-refractivity contribution in [3.8, 4) is 17.6 Å². The smallest absolute Gasteiger partial charge is 0.348 e. The van der Waals surface area contributed by atoms with Crippen LogP contribution in [0.15, 0.2) is 18.2 Å². The van der Waals surface area contributed by atoms with Crippen LogP contribution >= 0.6 is 11.3 Å². The van der Waals surface area contributed by atoms with E-state index in [9.17, 15) is 14.9 Å². The number of nitrogens with one attached hydrogen (secondary N) is 1. The maximum Gasteiger partial charge on any atom is 0.348 e. The maximum absolute atomic E-state index is 12.6. The zero-order chi connectivity index (χ0) is 18.6. The number of rotatable bonds is 5. The number of carbonyl (C=O) groups is 2. The van der Waals surface area contributed by atoms with Crippen molar-refractivity contribution in [2.24, 2.45) is 0 Å². The number of anilines is 1. The second-order valence-corrected chi connectivity index (χ2v) is 5.90. The molecule has 0 aliphatic rings. The largest absolute Gasteiger partial charge is 0.497 e. The molecule has 0 radical (unpaired) electrons. The minimum Gasteiger partial charge on any atom is -0.497 e. The Hall–Kier alpha value is -3.05. The third-order valence-corrected chi connectivity index (χ3v) is 4.70. The first-order chi connectivity index (χ1) is 12.0. The molecule has 1 aromatic carbocycles. The summed E-state index contributed by atoms with van der Waals surface area (Å²) in [6.45, 7) is 1.63. The van der Waals surface area contributed by atoms with E-state index in [0.29, 0.717) is 17.1 Å². The van der Waals surface area contributed by atoms with Crippen LogP contribution in [0.4, 0.5) is 5.00 Å². The van der Waals surface area contributed by atoms with Gasteiger partial charge < -0.3 is 19.5 Å². The number of carbonyl (C=O) groups excluding carboxylic acids is 2. The van der Waals surface area contributed by atoms with Crippen molar-refractivity contribution in [1.29, 1.82) is 5.26 Å². The maximum atomic E-state index is 12.6. The Labute approximate surface area is 148 Å². The predicted octanol–water partition coefficient (Wildman–Crippen LogP) is 2.98. The Morgan fingerprint density at radius 1 is 1.20 bits per heavy atom. The van der Waals surface area contributed by atoms with E-state index in [1.165, 1.54) is 21.3 Å². The van der Waals surface area contributed by atoms with Crippen molar-refractivity contribution in [2.45, 2.75) is 6.92 Å². The first-order valence-electron chi connectivity index (χ1n) is 7.12. The molecule has 130 valence electrons. The molecule has 0 aliphatic heterocycles. The van der Waals surface area contributed by atoms with E-state index in [4.69, 9.17) is 14.2 Å². The third-order valence-electron chi connectivity index (χ3n) is 3.51. The van der Waals surface area contributed by atoms with Crippen LogP contribution in [0.25, 0.3) is 0 Å². The number of amides is 1. The van der Waals surface area contributed by atoms with Gasteiger partial charge in [-0.3, -0.25) is 4.79 Å². The van der Waals surface area contributed by atoms with Crippen molar-refractivity contribution >= 4 is 28.2 Å². The van der Waals surface area contributed by atoms with Crippen molar-refractivity contribution < 1.29 is 23.8 Å². The number of hydrogen-bond acceptors (Lipinski definition) is 7. The van der Waals surface area contributed by atoms with Gasteiger partial charge in [0.2, 0.25) is 0 Å². The summed E-state index contributed by atoms with van der Waals surface area (Å²) in [7, 11) is 4.21. The summed E-state index contributed by atoms with van der Waals surface area (Å²) in [5, 5.41) is 12.3. The lowest BCUT2D eigenvalue weighted by Crippen LogP contribution is -2.13. The molecule has 0 aliphatic carbocycles. The summed E-state index contributed by atoms with van der Waals surface area (Å²) in [6.07, 6.45) is 0. The number of methoxy groups -OCH3 is 3. The van der Waals surface area contributed by atoms with E-state index in [1.807, 2.05) is 6.07 Å². The van der Waals surface area contributed by atoms with E-state index in [2.05, 4.69) is 5.32 Å². The molecule has 0 unspecified atom stereocenters. The molecular formula is C17H16N2O5S. The summed E-state index contributed by atoms with van der Waals surface area (Å²) in [4.78, 5) is 24.6. The number of nitriles is 1. The van der Waals surface area contributed by atoms with E-state index >= 15 is 0 Å². The number of esters is 1. The van der Waals surface area contributed by atoms with Crippen LogP contribution in [0, 0.1) is 18.3 Å². The highest BCUT2D eigenvalue weighted by Crippen LogP contribution is 2.34. The van der Waals surface area contributed by atoms with Crippen LogP contribution in [-0.4, -0.2) is 33.2 Å². The molecule has 0 saturated heterocycles. The zero-order valence-corrected chi connectivity index (χ0v) is 14.9. The zero-order valence-electron chi connectivity index (χ0n) is 14.1. The quantitative estimate of drug-likeness (QED) is 0.823. The van der Waals surface area contributed by atoms with Crippen molar-refractivity contribution in [2.75, 3.05) is 26.6 Å². The van der Waals surface area contributed by atoms with Crippen LogP contribution in [0.1, 0.15) is 31.2 Å². The minimum atomic E-state index is -0.554. The summed E-state index contributed by atoms with van der Waals surface area (Å²) in [5.41, 5.74) is 0.973. The topological polar surface area (TPSA) is 97.7 Å². The van der Waals surface area contributed by atoms with Gasteiger partial charge in [0, 0.05) is 6.07 Å². The number of nitrogens with zero attached hydrogens (tertiary/aromatic N) is 1. The van der Waals surface area contributed by atoms with Crippen LogP contribution in [0.2, 0.25) is 0 Å². The van der Waals surface area contributed by atoms with Crippen LogP contribution in [0.3, 0.4) is 0 Å². The number of thiophene rings is 1. The van der Waals surface area contributed by atoms with Gasteiger partial charge in [-0.25, -0.2) is 4.79 Å². The van der Waals surface area contributed by atoms with E-state index < -0.39 is 11.9 Å². The molecule has 1 heterocycles. The fourth-order valence-corrected chi connectivity index (χ4v) is 3.25. The number of benzene rings is 1. The van der Waals surface area contributed by atoms with Crippen molar-refractivity contribution in [3.63, 3.8) is 0 Å². The second-order valence-electron chi connectivity index (χ2n) is 4.88. The van der Waals surface area contributed by atoms with Crippen molar-refractivity contribution in [1.82, 2.24) is 0 Å². The summed E-state index contributed by atoms with van der Waals surface area (Å²) in [5.74, 6) is -0.141. The Morgan fingerprint density at radius 3 is 2.48 bits per heavy atom. The molecule has 0 fully saturated rings. The van der Waals surface area contributed by atoms with Gasteiger partial charge in [-0.1, -0.05) is 0 Å². The Morgan fingerprint density at radius 2 is 1.92 bits per heavy atom. The Balaban J connectivity index is 2.39. The molecule has 0 atom stereocenters. The highest BCUT2D eigenvalue weighted by molar-refractivity contribution is 7.18. The SMILES string of the molecule is COC(=O)c1sc(NC(=O)c2ccc(OC)cc2OC)c(C#N)c1C. The van der Waals surface area contributed by atoms with Crippen LogP contribution < -0.4 is 14.8 Å². The average Bonchev–Trinajstić information content (AvgIpc) is 2.95. The van der Waals surface area contributed by atoms with Gasteiger partial charge in [0.25, 0.3) is 5.91 Å². The first-order valence-corrected chi connectivity index (χ1v) is 7.93.